The van der Waals surface area contributed by atoms with Gasteiger partial charge in [0.1, 0.15) is 11.4 Å². The first kappa shape index (κ1) is 24.6. The molecule has 3 aromatic carbocycles. The molecule has 1 aliphatic carbocycles. The molecule has 4 aromatic rings. The quantitative estimate of drug-likeness (QED) is 0.217. The van der Waals surface area contributed by atoms with Crippen molar-refractivity contribution in [3.63, 3.8) is 0 Å². The van der Waals surface area contributed by atoms with Crippen LogP contribution in [0.3, 0.4) is 0 Å². The molecule has 1 fully saturated rings. The third-order valence-electron chi connectivity index (χ3n) is 7.07. The number of carbonyl (C=O) groups is 1. The monoisotopic (exact) mass is 494 g/mol. The summed E-state index contributed by atoms with van der Waals surface area (Å²) in [6.45, 7) is 6.62. The van der Waals surface area contributed by atoms with E-state index in [4.69, 9.17) is 15.9 Å². The summed E-state index contributed by atoms with van der Waals surface area (Å²) in [4.78, 5) is 13.0. The molecule has 0 spiro atoms. The van der Waals surface area contributed by atoms with E-state index in [-0.39, 0.29) is 17.5 Å². The zero-order chi connectivity index (χ0) is 26.2. The SMILES string of the molecule is CC(C)(C)c1ccc(-c2ccc3c(c2)cc(C(=O)NC(=N)N)n3-c2ccc(OC3CCCC3)cc2)cc1. The highest BCUT2D eigenvalue weighted by Gasteiger charge is 2.20. The predicted molar refractivity (Wildman–Crippen MR) is 150 cm³/mol. The van der Waals surface area contributed by atoms with Gasteiger partial charge in [0.25, 0.3) is 5.91 Å². The molecule has 5 rings (SSSR count). The number of carbonyl (C=O) groups excluding carboxylic acids is 1. The van der Waals surface area contributed by atoms with E-state index in [0.29, 0.717) is 5.69 Å². The van der Waals surface area contributed by atoms with Crippen molar-refractivity contribution in [2.24, 2.45) is 5.73 Å². The van der Waals surface area contributed by atoms with Gasteiger partial charge < -0.3 is 15.0 Å². The van der Waals surface area contributed by atoms with Crippen molar-refractivity contribution in [2.75, 3.05) is 0 Å². The first-order chi connectivity index (χ1) is 17.7. The molecule has 0 bridgehead atoms. The minimum atomic E-state index is -0.425. The van der Waals surface area contributed by atoms with Gasteiger partial charge in [-0.25, -0.2) is 0 Å². The molecule has 0 atom stereocenters. The average Bonchev–Trinajstić information content (AvgIpc) is 3.51. The van der Waals surface area contributed by atoms with Gasteiger partial charge in [0, 0.05) is 11.1 Å². The van der Waals surface area contributed by atoms with Gasteiger partial charge in [-0.3, -0.25) is 15.5 Å². The second-order valence-electron chi connectivity index (χ2n) is 10.9. The Balaban J connectivity index is 1.53. The fraction of sp³-hybridized carbons (Fsp3) is 0.290. The minimum Gasteiger partial charge on any atom is -0.490 e. The smallest absolute Gasteiger partial charge is 0.274 e. The molecule has 1 aliphatic rings. The number of hydrogen-bond acceptors (Lipinski definition) is 3. The molecule has 6 nitrogen and oxygen atoms in total. The highest BCUT2D eigenvalue weighted by molar-refractivity contribution is 6.07. The predicted octanol–water partition coefficient (Wildman–Crippen LogP) is 6.54. The maximum atomic E-state index is 13.0. The summed E-state index contributed by atoms with van der Waals surface area (Å²) in [7, 11) is 0. The Morgan fingerprint density at radius 1 is 0.946 bits per heavy atom. The van der Waals surface area contributed by atoms with Gasteiger partial charge in [-0.15, -0.1) is 0 Å². The summed E-state index contributed by atoms with van der Waals surface area (Å²) in [6, 6.07) is 24.5. The molecular weight excluding hydrogens is 460 g/mol. The lowest BCUT2D eigenvalue weighted by Crippen LogP contribution is -2.36. The second kappa shape index (κ2) is 9.77. The number of benzene rings is 3. The Hall–Kier alpha value is -4.06. The Morgan fingerprint density at radius 3 is 2.22 bits per heavy atom. The third kappa shape index (κ3) is 5.24. The van der Waals surface area contributed by atoms with Crippen LogP contribution < -0.4 is 15.8 Å². The number of guanidine groups is 1. The normalized spacial score (nSPS) is 14.1. The van der Waals surface area contributed by atoms with E-state index in [9.17, 15) is 4.79 Å². The standard InChI is InChI=1S/C31H34N4O2/c1-31(2,3)23-11-8-20(9-12-23)21-10-17-27-22(18-21)19-28(29(36)34-30(32)33)35(27)24-13-15-26(16-14-24)37-25-6-4-5-7-25/h8-19,25H,4-7H2,1-3H3,(H4,32,33,34,36). The lowest BCUT2D eigenvalue weighted by atomic mass is 9.86. The Morgan fingerprint density at radius 2 is 1.59 bits per heavy atom. The van der Waals surface area contributed by atoms with Crippen LogP contribution in [-0.2, 0) is 5.41 Å². The molecule has 6 heteroatoms. The largest absolute Gasteiger partial charge is 0.490 e. The number of nitrogens with zero attached hydrogens (tertiary/aromatic N) is 1. The molecule has 190 valence electrons. The lowest BCUT2D eigenvalue weighted by molar-refractivity contribution is 0.0970. The molecule has 0 radical (unpaired) electrons. The van der Waals surface area contributed by atoms with E-state index in [2.05, 4.69) is 62.5 Å². The van der Waals surface area contributed by atoms with Crippen LogP contribution in [0.2, 0.25) is 0 Å². The Labute approximate surface area is 218 Å². The van der Waals surface area contributed by atoms with E-state index >= 15 is 0 Å². The zero-order valence-corrected chi connectivity index (χ0v) is 21.7. The van der Waals surface area contributed by atoms with Gasteiger partial charge in [-0.1, -0.05) is 51.1 Å². The number of amides is 1. The first-order valence-corrected chi connectivity index (χ1v) is 12.9. The molecule has 1 saturated carbocycles. The van der Waals surface area contributed by atoms with Crippen LogP contribution in [0.4, 0.5) is 0 Å². The highest BCUT2D eigenvalue weighted by Crippen LogP contribution is 2.32. The van der Waals surface area contributed by atoms with Crippen LogP contribution in [0.5, 0.6) is 5.75 Å². The van der Waals surface area contributed by atoms with Crippen molar-refractivity contribution in [3.8, 4) is 22.6 Å². The number of hydrogen-bond donors (Lipinski definition) is 3. The molecule has 4 N–H and O–H groups in total. The maximum Gasteiger partial charge on any atom is 0.274 e. The van der Waals surface area contributed by atoms with Gasteiger partial charge in [0.05, 0.1) is 11.6 Å². The summed E-state index contributed by atoms with van der Waals surface area (Å²) in [5.41, 5.74) is 11.2. The molecule has 0 saturated heterocycles. The number of ether oxygens (including phenoxy) is 1. The van der Waals surface area contributed by atoms with Crippen LogP contribution in [0.1, 0.15) is 62.5 Å². The number of rotatable bonds is 5. The van der Waals surface area contributed by atoms with Crippen molar-refractivity contribution < 1.29 is 9.53 Å². The van der Waals surface area contributed by atoms with E-state index in [1.807, 2.05) is 41.0 Å². The van der Waals surface area contributed by atoms with E-state index in [1.165, 1.54) is 18.4 Å². The van der Waals surface area contributed by atoms with Crippen LogP contribution in [-0.4, -0.2) is 22.5 Å². The molecule has 1 heterocycles. The topological polar surface area (TPSA) is 93.1 Å². The molecule has 0 unspecified atom stereocenters. The summed E-state index contributed by atoms with van der Waals surface area (Å²) >= 11 is 0. The van der Waals surface area contributed by atoms with Crippen LogP contribution >= 0.6 is 0 Å². The summed E-state index contributed by atoms with van der Waals surface area (Å²) < 4.78 is 8.03. The fourth-order valence-electron chi connectivity index (χ4n) is 5.06. The van der Waals surface area contributed by atoms with Crippen molar-refractivity contribution in [2.45, 2.75) is 58.0 Å². The van der Waals surface area contributed by atoms with Crippen molar-refractivity contribution in [1.29, 1.82) is 5.41 Å². The molecule has 1 amide bonds. The van der Waals surface area contributed by atoms with Crippen molar-refractivity contribution in [3.05, 3.63) is 84.1 Å². The van der Waals surface area contributed by atoms with Gasteiger partial charge in [-0.05, 0) is 90.3 Å². The van der Waals surface area contributed by atoms with Crippen molar-refractivity contribution in [1.82, 2.24) is 9.88 Å². The molecular formula is C31H34N4O2. The van der Waals surface area contributed by atoms with Gasteiger partial charge in [-0.2, -0.15) is 0 Å². The highest BCUT2D eigenvalue weighted by atomic mass is 16.5. The Kier molecular flexibility index (Phi) is 6.50. The van der Waals surface area contributed by atoms with E-state index in [0.717, 1.165) is 46.3 Å². The van der Waals surface area contributed by atoms with Gasteiger partial charge in [0.2, 0.25) is 0 Å². The number of nitrogens with two attached hydrogens (primary N) is 1. The number of fused-ring (bicyclic) bond motifs is 1. The Bertz CT molecular complexity index is 1440. The van der Waals surface area contributed by atoms with Gasteiger partial charge >= 0.3 is 0 Å². The molecule has 37 heavy (non-hydrogen) atoms. The van der Waals surface area contributed by atoms with Gasteiger partial charge in [0.15, 0.2) is 5.96 Å². The summed E-state index contributed by atoms with van der Waals surface area (Å²) in [6.07, 6.45) is 4.91. The molecule has 1 aromatic heterocycles. The summed E-state index contributed by atoms with van der Waals surface area (Å²) in [5.74, 6) is 0.0237. The van der Waals surface area contributed by atoms with E-state index < -0.39 is 5.91 Å². The average molecular weight is 495 g/mol. The van der Waals surface area contributed by atoms with Crippen LogP contribution in [0.15, 0.2) is 72.8 Å². The number of aromatic nitrogens is 1. The molecule has 0 aliphatic heterocycles. The minimum absolute atomic E-state index is 0.0936. The summed E-state index contributed by atoms with van der Waals surface area (Å²) in [5, 5.41) is 10.9. The zero-order valence-electron chi connectivity index (χ0n) is 21.7. The van der Waals surface area contributed by atoms with Crippen molar-refractivity contribution >= 4 is 22.8 Å². The maximum absolute atomic E-state index is 13.0. The first-order valence-electron chi connectivity index (χ1n) is 12.9. The lowest BCUT2D eigenvalue weighted by Gasteiger charge is -2.19. The number of nitrogens with one attached hydrogen (secondary N) is 2. The van der Waals surface area contributed by atoms with Crippen LogP contribution in [0.25, 0.3) is 27.7 Å². The second-order valence-corrected chi connectivity index (χ2v) is 10.9. The third-order valence-corrected chi connectivity index (χ3v) is 7.07. The fourth-order valence-corrected chi connectivity index (χ4v) is 5.06. The van der Waals surface area contributed by atoms with E-state index in [1.54, 1.807) is 0 Å². The van der Waals surface area contributed by atoms with Crippen LogP contribution in [0, 0.1) is 5.41 Å².